The van der Waals surface area contributed by atoms with E-state index in [2.05, 4.69) is 42.0 Å². The maximum Gasteiger partial charge on any atom is 0.217 e. The first-order chi connectivity index (χ1) is 14.8. The highest BCUT2D eigenvalue weighted by Gasteiger charge is 2.48. The molecule has 0 saturated carbocycles. The molecule has 2 N–H and O–H groups in total. The molecule has 0 radical (unpaired) electrons. The van der Waals surface area contributed by atoms with Gasteiger partial charge in [-0.1, -0.05) is 31.2 Å². The molecule has 0 heterocycles. The second kappa shape index (κ2) is 9.69. The molecule has 0 spiro atoms. The number of amides is 1. The number of benzene rings is 1. The Morgan fingerprint density at radius 2 is 1.74 bits per heavy atom. The van der Waals surface area contributed by atoms with Crippen LogP contribution >= 0.6 is 0 Å². The molecule has 6 heteroatoms. The van der Waals surface area contributed by atoms with Crippen LogP contribution in [0.1, 0.15) is 39.7 Å². The van der Waals surface area contributed by atoms with E-state index in [-0.39, 0.29) is 35.5 Å². The fourth-order valence-electron chi connectivity index (χ4n) is 4.77. The highest BCUT2D eigenvalue weighted by Crippen LogP contribution is 2.44. The van der Waals surface area contributed by atoms with Gasteiger partial charge in [0.05, 0.1) is 11.5 Å². The van der Waals surface area contributed by atoms with E-state index in [1.807, 2.05) is 37.4 Å². The van der Waals surface area contributed by atoms with Gasteiger partial charge in [-0.25, -0.2) is 0 Å². The lowest BCUT2D eigenvalue weighted by Crippen LogP contribution is -2.51. The van der Waals surface area contributed by atoms with Gasteiger partial charge in [0.2, 0.25) is 5.91 Å². The predicted octanol–water partition coefficient (Wildman–Crippen LogP) is 3.40. The third-order valence-electron chi connectivity index (χ3n) is 6.72. The van der Waals surface area contributed by atoms with Crippen LogP contribution in [0.25, 0.3) is 5.57 Å². The summed E-state index contributed by atoms with van der Waals surface area (Å²) in [4.78, 5) is 29.4. The number of aliphatic hydroxyl groups excluding tert-OH is 1. The quantitative estimate of drug-likeness (QED) is 0.625. The number of ketones is 1. The predicted molar refractivity (Wildman–Crippen MR) is 125 cm³/mol. The lowest BCUT2D eigenvalue weighted by Gasteiger charge is -2.41. The van der Waals surface area contributed by atoms with Gasteiger partial charge in [0.25, 0.3) is 0 Å². The van der Waals surface area contributed by atoms with Gasteiger partial charge in [-0.15, -0.1) is 0 Å². The number of Topliss-reactive ketones (excluding diaryl/α,β-unsaturated/α-hetero) is 1. The summed E-state index contributed by atoms with van der Waals surface area (Å²) in [6.45, 7) is 10.5. The summed E-state index contributed by atoms with van der Waals surface area (Å²) in [7, 11) is 2.05. The summed E-state index contributed by atoms with van der Waals surface area (Å²) >= 11 is 0. The molecule has 0 aliphatic heterocycles. The summed E-state index contributed by atoms with van der Waals surface area (Å²) in [6.07, 6.45) is 4.82. The Bertz CT molecular complexity index is 871. The van der Waals surface area contributed by atoms with Gasteiger partial charge in [0, 0.05) is 43.7 Å². The van der Waals surface area contributed by atoms with Crippen LogP contribution in [0.5, 0.6) is 0 Å². The average Bonchev–Trinajstić information content (AvgIpc) is 2.76. The Labute approximate surface area is 185 Å². The van der Waals surface area contributed by atoms with Crippen molar-refractivity contribution in [1.82, 2.24) is 10.2 Å². The number of likely N-dealkylation sites (N-methyl/N-ethyl adjacent to an activating group) is 1. The fourth-order valence-corrected chi connectivity index (χ4v) is 4.77. The van der Waals surface area contributed by atoms with Crippen molar-refractivity contribution in [2.75, 3.05) is 31.6 Å². The number of aliphatic hydroxyl groups is 1. The zero-order valence-electron chi connectivity index (χ0n) is 19.3. The molecule has 2 aliphatic rings. The lowest BCUT2D eigenvalue weighted by molar-refractivity contribution is -0.123. The molecule has 2 aliphatic carbocycles. The van der Waals surface area contributed by atoms with Gasteiger partial charge in [-0.05, 0) is 51.6 Å². The molecule has 168 valence electrons. The first-order valence-corrected chi connectivity index (χ1v) is 11.3. The summed E-state index contributed by atoms with van der Waals surface area (Å²) in [5, 5.41) is 13.9. The smallest absolute Gasteiger partial charge is 0.217 e. The second-order valence-electron chi connectivity index (χ2n) is 8.47. The maximum absolute atomic E-state index is 13.1. The van der Waals surface area contributed by atoms with Crippen molar-refractivity contribution >= 4 is 23.0 Å². The van der Waals surface area contributed by atoms with E-state index in [1.54, 1.807) is 0 Å². The van der Waals surface area contributed by atoms with Gasteiger partial charge in [-0.2, -0.15) is 0 Å². The average molecular weight is 426 g/mol. The highest BCUT2D eigenvalue weighted by atomic mass is 16.3. The van der Waals surface area contributed by atoms with E-state index < -0.39 is 5.92 Å². The molecule has 0 fully saturated rings. The zero-order chi connectivity index (χ0) is 22.7. The molecule has 0 saturated heterocycles. The number of nitrogens with zero attached hydrogens (tertiary/aromatic N) is 2. The van der Waals surface area contributed by atoms with Gasteiger partial charge in [0.1, 0.15) is 5.76 Å². The number of allylic oxidation sites excluding steroid dienone is 2. The molecule has 0 bridgehead atoms. The molecule has 6 nitrogen and oxygen atoms in total. The topological polar surface area (TPSA) is 72.9 Å². The molecule has 4 unspecified atom stereocenters. The van der Waals surface area contributed by atoms with Gasteiger partial charge >= 0.3 is 0 Å². The minimum atomic E-state index is -0.599. The molecule has 31 heavy (non-hydrogen) atoms. The first kappa shape index (κ1) is 23.1. The standard InChI is InChI=1S/C25H35N3O3/c1-6-27(5)19-13-14-20(21(15-19)26-16(4)29)23-24(30)22(25(23)31)17-9-11-18(12-10-17)28(7-2)8-3/h9-14,19-21,23,30H,6-8,15H2,1-5H3,(H,26,29). The molecule has 3 rings (SSSR count). The van der Waals surface area contributed by atoms with Crippen LogP contribution in [0.2, 0.25) is 0 Å². The van der Waals surface area contributed by atoms with Crippen LogP contribution in [0, 0.1) is 11.8 Å². The zero-order valence-corrected chi connectivity index (χ0v) is 19.3. The molecule has 1 aromatic carbocycles. The highest BCUT2D eigenvalue weighted by molar-refractivity contribution is 6.29. The Balaban J connectivity index is 1.85. The van der Waals surface area contributed by atoms with Crippen molar-refractivity contribution in [1.29, 1.82) is 0 Å². The summed E-state index contributed by atoms with van der Waals surface area (Å²) in [6, 6.07) is 7.81. The van der Waals surface area contributed by atoms with Gasteiger partial charge in [-0.3, -0.25) is 9.59 Å². The lowest BCUT2D eigenvalue weighted by atomic mass is 9.67. The van der Waals surface area contributed by atoms with Crippen molar-refractivity contribution in [3.05, 3.63) is 47.7 Å². The van der Waals surface area contributed by atoms with Crippen LogP contribution in [0.15, 0.2) is 42.2 Å². The molecule has 0 aromatic heterocycles. The van der Waals surface area contributed by atoms with Crippen molar-refractivity contribution in [3.8, 4) is 0 Å². The number of carbonyl (C=O) groups is 2. The van der Waals surface area contributed by atoms with Crippen LogP contribution < -0.4 is 10.2 Å². The van der Waals surface area contributed by atoms with Crippen LogP contribution in [0.4, 0.5) is 5.69 Å². The molecular formula is C25H35N3O3. The monoisotopic (exact) mass is 425 g/mol. The van der Waals surface area contributed by atoms with Crippen LogP contribution in [-0.4, -0.2) is 60.5 Å². The fraction of sp³-hybridized carbons (Fsp3) is 0.520. The van der Waals surface area contributed by atoms with E-state index >= 15 is 0 Å². The Morgan fingerprint density at radius 1 is 1.10 bits per heavy atom. The molecule has 1 amide bonds. The molecule has 4 atom stereocenters. The van der Waals surface area contributed by atoms with E-state index in [9.17, 15) is 14.7 Å². The Kier molecular flexibility index (Phi) is 7.21. The normalized spacial score (nSPS) is 25.5. The summed E-state index contributed by atoms with van der Waals surface area (Å²) in [5.74, 6) is -0.881. The molecular weight excluding hydrogens is 390 g/mol. The van der Waals surface area contributed by atoms with Crippen molar-refractivity contribution in [2.24, 2.45) is 11.8 Å². The van der Waals surface area contributed by atoms with E-state index in [4.69, 9.17) is 0 Å². The minimum absolute atomic E-state index is 0.0552. The van der Waals surface area contributed by atoms with Crippen molar-refractivity contribution in [3.63, 3.8) is 0 Å². The number of hydrogen-bond donors (Lipinski definition) is 2. The summed E-state index contributed by atoms with van der Waals surface area (Å²) < 4.78 is 0. The van der Waals surface area contributed by atoms with Crippen LogP contribution in [0.3, 0.4) is 0 Å². The van der Waals surface area contributed by atoms with Crippen molar-refractivity contribution < 1.29 is 14.7 Å². The van der Waals surface area contributed by atoms with E-state index in [0.29, 0.717) is 5.57 Å². The number of anilines is 1. The maximum atomic E-state index is 13.1. The number of carbonyl (C=O) groups excluding carboxylic acids is 2. The van der Waals surface area contributed by atoms with Crippen LogP contribution in [-0.2, 0) is 9.59 Å². The largest absolute Gasteiger partial charge is 0.511 e. The number of nitrogens with one attached hydrogen (secondary N) is 1. The number of rotatable bonds is 8. The SMILES string of the molecule is CCN(CC)c1ccc(C2=C(O)C(C3C=CC(N(C)CC)CC3NC(C)=O)C2=O)cc1. The third kappa shape index (κ3) is 4.54. The first-order valence-electron chi connectivity index (χ1n) is 11.3. The number of hydrogen-bond acceptors (Lipinski definition) is 5. The van der Waals surface area contributed by atoms with Gasteiger partial charge < -0.3 is 20.2 Å². The Morgan fingerprint density at radius 3 is 2.26 bits per heavy atom. The van der Waals surface area contributed by atoms with Crippen molar-refractivity contribution in [2.45, 2.75) is 46.2 Å². The van der Waals surface area contributed by atoms with Gasteiger partial charge in [0.15, 0.2) is 5.78 Å². The Hall–Kier alpha value is -2.60. The third-order valence-corrected chi connectivity index (χ3v) is 6.72. The van der Waals surface area contributed by atoms with E-state index in [0.717, 1.165) is 37.3 Å². The minimum Gasteiger partial charge on any atom is -0.511 e. The second-order valence-corrected chi connectivity index (χ2v) is 8.47. The molecule has 1 aromatic rings. The van der Waals surface area contributed by atoms with E-state index in [1.165, 1.54) is 6.92 Å². The summed E-state index contributed by atoms with van der Waals surface area (Å²) in [5.41, 5.74) is 2.25.